The topological polar surface area (TPSA) is 148 Å². The predicted octanol–water partition coefficient (Wildman–Crippen LogP) is 3.77. The van der Waals surface area contributed by atoms with Crippen LogP contribution in [0.25, 0.3) is 11.1 Å². The lowest BCUT2D eigenvalue weighted by molar-refractivity contribution is 0.282. The van der Waals surface area contributed by atoms with Gasteiger partial charge >= 0.3 is 7.12 Å². The zero-order chi connectivity index (χ0) is 26.7. The molecular weight excluding hydrogens is 617 g/mol. The van der Waals surface area contributed by atoms with Gasteiger partial charge in [0.05, 0.1) is 17.3 Å². The summed E-state index contributed by atoms with van der Waals surface area (Å²) in [6, 6.07) is 21.3. The van der Waals surface area contributed by atoms with Gasteiger partial charge in [0.25, 0.3) is 0 Å². The minimum Gasteiger partial charge on any atom is -0.497 e. The van der Waals surface area contributed by atoms with E-state index in [0.29, 0.717) is 33.2 Å². The number of aliphatic hydroxyl groups is 1. The van der Waals surface area contributed by atoms with Crippen LogP contribution in [-0.4, -0.2) is 39.4 Å². The fraction of sp³-hybridized carbons (Fsp3) is 0.0833. The van der Waals surface area contributed by atoms with Gasteiger partial charge in [-0.3, -0.25) is 0 Å². The molecule has 2 heterocycles. The third-order valence-corrected chi connectivity index (χ3v) is 5.96. The zero-order valence-electron chi connectivity index (χ0n) is 19.1. The summed E-state index contributed by atoms with van der Waals surface area (Å²) in [6.07, 6.45) is 0. The summed E-state index contributed by atoms with van der Waals surface area (Å²) in [6.45, 7) is -0.0295. The van der Waals surface area contributed by atoms with Crippen molar-refractivity contribution in [3.05, 3.63) is 92.2 Å². The molecule has 0 aliphatic heterocycles. The van der Waals surface area contributed by atoms with Gasteiger partial charge in [-0.15, -0.1) is 0 Å². The Morgan fingerprint density at radius 3 is 1.94 bits per heavy atom. The lowest BCUT2D eigenvalue weighted by atomic mass is 9.80. The summed E-state index contributed by atoms with van der Waals surface area (Å²) in [5.74, 6) is 1.35. The normalized spacial score (nSPS) is 9.86. The standard InChI is InChI=1S/C12H11ClN2O.C7H9BO3.C5H4ClIN2/c13-11-6-5-10(12(14)15-11)9-4-2-1-3-8(9)7-16;1-11-7-5-3-2-4-6(7)8(9)10;6-4-2-1-3(7)5(8)9-4/h1-6,16H,7H2,(H2,14,15);2-5,9-10H,1H3;1-2H,(H2,8,9). The van der Waals surface area contributed by atoms with Crippen LogP contribution >= 0.6 is 45.8 Å². The van der Waals surface area contributed by atoms with Crippen molar-refractivity contribution in [2.75, 3.05) is 18.6 Å². The number of rotatable bonds is 4. The van der Waals surface area contributed by atoms with Crippen LogP contribution < -0.4 is 21.7 Å². The number of nitrogen functional groups attached to an aromatic ring is 2. The van der Waals surface area contributed by atoms with Crippen LogP contribution in [0.3, 0.4) is 0 Å². The van der Waals surface area contributed by atoms with E-state index >= 15 is 0 Å². The minimum absolute atomic E-state index is 0.0295. The van der Waals surface area contributed by atoms with Gasteiger partial charge in [0.2, 0.25) is 0 Å². The predicted molar refractivity (Wildman–Crippen MR) is 154 cm³/mol. The number of hydrogen-bond donors (Lipinski definition) is 5. The quantitative estimate of drug-likeness (QED) is 0.129. The molecule has 7 N–H and O–H groups in total. The molecule has 0 saturated carbocycles. The molecule has 0 unspecified atom stereocenters. The fourth-order valence-electron chi connectivity index (χ4n) is 2.91. The molecule has 4 aromatic rings. The Labute approximate surface area is 233 Å². The Bertz CT molecular complexity index is 1280. The molecular formula is C24H24BCl2IN4O4. The molecule has 0 saturated heterocycles. The number of aromatic nitrogens is 2. The van der Waals surface area contributed by atoms with E-state index in [9.17, 15) is 5.11 Å². The van der Waals surface area contributed by atoms with Gasteiger partial charge in [0.1, 0.15) is 27.7 Å². The molecule has 0 aliphatic rings. The number of para-hydroxylation sites is 1. The van der Waals surface area contributed by atoms with Crippen LogP contribution in [0.4, 0.5) is 11.6 Å². The van der Waals surface area contributed by atoms with Crippen LogP contribution in [0.5, 0.6) is 5.75 Å². The van der Waals surface area contributed by atoms with Crippen molar-refractivity contribution in [3.63, 3.8) is 0 Å². The monoisotopic (exact) mass is 640 g/mol. The maximum absolute atomic E-state index is 9.24. The van der Waals surface area contributed by atoms with Gasteiger partial charge in [-0.2, -0.15) is 0 Å². The van der Waals surface area contributed by atoms with Crippen LogP contribution in [0.1, 0.15) is 5.56 Å². The number of nitrogens with zero attached hydrogens (tertiary/aromatic N) is 2. The van der Waals surface area contributed by atoms with E-state index in [1.807, 2.05) is 30.3 Å². The largest absolute Gasteiger partial charge is 0.497 e. The number of benzene rings is 2. The maximum atomic E-state index is 9.24. The summed E-state index contributed by atoms with van der Waals surface area (Å²) in [5.41, 5.74) is 14.1. The van der Waals surface area contributed by atoms with E-state index in [0.717, 1.165) is 20.3 Å². The van der Waals surface area contributed by atoms with Crippen LogP contribution in [0.2, 0.25) is 10.3 Å². The van der Waals surface area contributed by atoms with E-state index in [1.54, 1.807) is 42.5 Å². The van der Waals surface area contributed by atoms with Crippen LogP contribution in [0, 0.1) is 3.57 Å². The van der Waals surface area contributed by atoms with Crippen LogP contribution in [0.15, 0.2) is 72.8 Å². The first-order valence-electron chi connectivity index (χ1n) is 10.4. The van der Waals surface area contributed by atoms with Crippen molar-refractivity contribution in [2.24, 2.45) is 0 Å². The Kier molecular flexibility index (Phi) is 12.2. The molecule has 0 spiro atoms. The average Bonchev–Trinajstić information content (AvgIpc) is 2.87. The van der Waals surface area contributed by atoms with Crippen molar-refractivity contribution in [1.82, 2.24) is 9.97 Å². The van der Waals surface area contributed by atoms with Gasteiger partial charge in [0.15, 0.2) is 0 Å². The number of pyridine rings is 2. The van der Waals surface area contributed by atoms with Gasteiger partial charge in [-0.25, -0.2) is 9.97 Å². The van der Waals surface area contributed by atoms with Crippen molar-refractivity contribution in [3.8, 4) is 16.9 Å². The highest BCUT2D eigenvalue weighted by Gasteiger charge is 2.15. The van der Waals surface area contributed by atoms with Crippen molar-refractivity contribution in [1.29, 1.82) is 0 Å². The first-order chi connectivity index (χ1) is 17.2. The molecule has 2 aromatic carbocycles. The van der Waals surface area contributed by atoms with E-state index < -0.39 is 7.12 Å². The smallest absolute Gasteiger partial charge is 0.492 e. The fourth-order valence-corrected chi connectivity index (χ4v) is 3.52. The summed E-state index contributed by atoms with van der Waals surface area (Å²) in [5, 5.41) is 27.7. The molecule has 4 rings (SSSR count). The van der Waals surface area contributed by atoms with Gasteiger partial charge in [-0.1, -0.05) is 65.7 Å². The maximum Gasteiger partial charge on any atom is 0.492 e. The van der Waals surface area contributed by atoms with Crippen molar-refractivity contribution < 1.29 is 19.9 Å². The molecule has 0 bridgehead atoms. The summed E-state index contributed by atoms with van der Waals surface area (Å²) < 4.78 is 5.81. The highest BCUT2D eigenvalue weighted by molar-refractivity contribution is 14.1. The lowest BCUT2D eigenvalue weighted by Gasteiger charge is -2.09. The summed E-state index contributed by atoms with van der Waals surface area (Å²) >= 11 is 13.4. The minimum atomic E-state index is -1.47. The summed E-state index contributed by atoms with van der Waals surface area (Å²) in [7, 11) is 0.0208. The number of ether oxygens (including phenoxy) is 1. The number of hydrogen-bond acceptors (Lipinski definition) is 8. The molecule has 8 nitrogen and oxygen atoms in total. The number of nitrogens with two attached hydrogens (primary N) is 2. The van der Waals surface area contributed by atoms with E-state index in [2.05, 4.69) is 32.6 Å². The third kappa shape index (κ3) is 8.80. The highest BCUT2D eigenvalue weighted by Crippen LogP contribution is 2.28. The number of halogens is 3. The van der Waals surface area contributed by atoms with Crippen LogP contribution in [-0.2, 0) is 6.61 Å². The first-order valence-corrected chi connectivity index (χ1v) is 12.2. The molecule has 0 amide bonds. The molecule has 0 radical (unpaired) electrons. The molecule has 188 valence electrons. The Morgan fingerprint density at radius 1 is 0.833 bits per heavy atom. The molecule has 36 heavy (non-hydrogen) atoms. The molecule has 0 atom stereocenters. The molecule has 2 aromatic heterocycles. The third-order valence-electron chi connectivity index (χ3n) is 4.62. The second-order valence-electron chi connectivity index (χ2n) is 7.00. The number of aliphatic hydroxyl groups excluding tert-OH is 1. The lowest BCUT2D eigenvalue weighted by Crippen LogP contribution is -2.30. The molecule has 12 heteroatoms. The van der Waals surface area contributed by atoms with E-state index in [4.69, 9.17) is 49.5 Å². The van der Waals surface area contributed by atoms with Crippen molar-refractivity contribution >= 4 is 70.0 Å². The zero-order valence-corrected chi connectivity index (χ0v) is 22.8. The van der Waals surface area contributed by atoms with E-state index in [-0.39, 0.29) is 6.61 Å². The van der Waals surface area contributed by atoms with Gasteiger partial charge in [-0.05, 0) is 64.0 Å². The Balaban J connectivity index is 0.000000200. The first kappa shape index (κ1) is 29.6. The van der Waals surface area contributed by atoms with Gasteiger partial charge < -0.3 is 31.4 Å². The molecule has 0 aliphatic carbocycles. The Hall–Kier alpha value is -2.61. The number of methoxy groups -OCH3 is 1. The second-order valence-corrected chi connectivity index (χ2v) is 8.94. The van der Waals surface area contributed by atoms with Gasteiger partial charge in [0, 0.05) is 11.0 Å². The van der Waals surface area contributed by atoms with E-state index in [1.165, 1.54) is 7.11 Å². The second kappa shape index (κ2) is 14.8. The molecule has 0 fully saturated rings. The highest BCUT2D eigenvalue weighted by atomic mass is 127. The SMILES string of the molecule is COc1ccccc1B(O)O.Nc1nc(Cl)ccc1-c1ccccc1CO.Nc1nc(Cl)ccc1I. The average molecular weight is 641 g/mol. The van der Waals surface area contributed by atoms with Crippen molar-refractivity contribution in [2.45, 2.75) is 6.61 Å². The summed E-state index contributed by atoms with van der Waals surface area (Å²) in [4.78, 5) is 7.80. The number of anilines is 2. The Morgan fingerprint density at radius 2 is 1.42 bits per heavy atom.